The Balaban J connectivity index is 1.37. The first-order valence-corrected chi connectivity index (χ1v) is 9.55. The summed E-state index contributed by atoms with van der Waals surface area (Å²) in [6, 6.07) is 7.11. The molecule has 3 rings (SSSR count). The van der Waals surface area contributed by atoms with Gasteiger partial charge in [0.05, 0.1) is 6.10 Å². The molecule has 2 saturated carbocycles. The van der Waals surface area contributed by atoms with Crippen LogP contribution in [0.3, 0.4) is 0 Å². The van der Waals surface area contributed by atoms with Gasteiger partial charge in [-0.3, -0.25) is 4.99 Å². The van der Waals surface area contributed by atoms with Crippen molar-refractivity contribution in [3.8, 4) is 0 Å². The monoisotopic (exact) mass is 347 g/mol. The molecule has 0 aromatic heterocycles. The number of halogens is 1. The van der Waals surface area contributed by atoms with Crippen molar-refractivity contribution in [3.63, 3.8) is 0 Å². The van der Waals surface area contributed by atoms with Crippen molar-refractivity contribution in [2.45, 2.75) is 56.5 Å². The van der Waals surface area contributed by atoms with Crippen LogP contribution in [0.25, 0.3) is 0 Å². The minimum atomic E-state index is -0.103. The first-order chi connectivity index (χ1) is 12.2. The van der Waals surface area contributed by atoms with Crippen molar-refractivity contribution >= 4 is 5.96 Å². The molecule has 0 saturated heterocycles. The minimum Gasteiger partial charge on any atom is -0.378 e. The summed E-state index contributed by atoms with van der Waals surface area (Å²) >= 11 is 0. The number of nitrogens with zero attached hydrogens (tertiary/aromatic N) is 1. The third-order valence-electron chi connectivity index (χ3n) is 5.39. The second-order valence-electron chi connectivity index (χ2n) is 7.24. The van der Waals surface area contributed by atoms with E-state index in [0.717, 1.165) is 43.9 Å². The first kappa shape index (κ1) is 18.2. The van der Waals surface area contributed by atoms with Gasteiger partial charge in [0, 0.05) is 32.2 Å². The van der Waals surface area contributed by atoms with Crippen molar-refractivity contribution in [2.75, 3.05) is 26.7 Å². The van der Waals surface area contributed by atoms with Gasteiger partial charge in [-0.05, 0) is 43.7 Å². The van der Waals surface area contributed by atoms with Gasteiger partial charge in [0.2, 0.25) is 0 Å². The number of nitrogens with one attached hydrogen (secondary N) is 2. The molecular weight excluding hydrogens is 317 g/mol. The molecule has 1 aromatic carbocycles. The molecule has 1 aromatic rings. The number of rotatable bonds is 8. The number of aliphatic imine (C=N–C) groups is 1. The molecule has 138 valence electrons. The summed E-state index contributed by atoms with van der Waals surface area (Å²) in [6.45, 7) is 2.35. The molecule has 0 bridgehead atoms. The second kappa shape index (κ2) is 8.65. The summed E-state index contributed by atoms with van der Waals surface area (Å²) in [5.74, 6) is 0.678. The van der Waals surface area contributed by atoms with E-state index in [9.17, 15) is 4.39 Å². The topological polar surface area (TPSA) is 45.7 Å². The fourth-order valence-corrected chi connectivity index (χ4v) is 3.64. The normalized spacial score (nSPS) is 19.8. The Labute approximate surface area is 150 Å². The van der Waals surface area contributed by atoms with E-state index in [-0.39, 0.29) is 11.2 Å². The van der Waals surface area contributed by atoms with Gasteiger partial charge in [0.25, 0.3) is 0 Å². The van der Waals surface area contributed by atoms with E-state index in [2.05, 4.69) is 15.6 Å². The molecule has 4 nitrogen and oxygen atoms in total. The number of hydrogen-bond acceptors (Lipinski definition) is 2. The van der Waals surface area contributed by atoms with Gasteiger partial charge in [-0.15, -0.1) is 0 Å². The molecule has 2 aliphatic carbocycles. The van der Waals surface area contributed by atoms with Crippen LogP contribution in [0.1, 0.15) is 50.5 Å². The van der Waals surface area contributed by atoms with Gasteiger partial charge >= 0.3 is 0 Å². The van der Waals surface area contributed by atoms with E-state index in [1.54, 1.807) is 19.2 Å². The molecule has 0 spiro atoms. The molecule has 5 heteroatoms. The SMILES string of the molecule is CN=C(NCCCOC1CCCC1)NCC1(c2ccccc2F)CC1. The average Bonchev–Trinajstić information content (AvgIpc) is 3.23. The smallest absolute Gasteiger partial charge is 0.191 e. The third-order valence-corrected chi connectivity index (χ3v) is 5.39. The highest BCUT2D eigenvalue weighted by Crippen LogP contribution is 2.48. The van der Waals surface area contributed by atoms with Crippen LogP contribution in [-0.4, -0.2) is 38.8 Å². The quantitative estimate of drug-likeness (QED) is 0.430. The highest BCUT2D eigenvalue weighted by molar-refractivity contribution is 5.79. The largest absolute Gasteiger partial charge is 0.378 e. The van der Waals surface area contributed by atoms with Crippen LogP contribution >= 0.6 is 0 Å². The van der Waals surface area contributed by atoms with Crippen LogP contribution < -0.4 is 10.6 Å². The van der Waals surface area contributed by atoms with Gasteiger partial charge < -0.3 is 15.4 Å². The van der Waals surface area contributed by atoms with Gasteiger partial charge in [-0.1, -0.05) is 31.0 Å². The zero-order chi connectivity index (χ0) is 17.5. The van der Waals surface area contributed by atoms with E-state index in [0.29, 0.717) is 12.6 Å². The number of guanidine groups is 1. The van der Waals surface area contributed by atoms with E-state index < -0.39 is 0 Å². The number of benzene rings is 1. The molecule has 2 aliphatic rings. The fraction of sp³-hybridized carbons (Fsp3) is 0.650. The summed E-state index contributed by atoms with van der Waals surface area (Å²) in [7, 11) is 1.77. The number of ether oxygens (including phenoxy) is 1. The second-order valence-corrected chi connectivity index (χ2v) is 7.24. The number of hydrogen-bond donors (Lipinski definition) is 2. The Morgan fingerprint density at radius 2 is 2.00 bits per heavy atom. The van der Waals surface area contributed by atoms with Crippen LogP contribution in [0, 0.1) is 5.82 Å². The van der Waals surface area contributed by atoms with Crippen molar-refractivity contribution < 1.29 is 9.13 Å². The maximum Gasteiger partial charge on any atom is 0.191 e. The van der Waals surface area contributed by atoms with Crippen LogP contribution in [0.15, 0.2) is 29.3 Å². The third kappa shape index (κ3) is 4.94. The first-order valence-electron chi connectivity index (χ1n) is 9.55. The summed E-state index contributed by atoms with van der Waals surface area (Å²) < 4.78 is 19.9. The maximum atomic E-state index is 14.1. The van der Waals surface area contributed by atoms with E-state index in [4.69, 9.17) is 4.74 Å². The lowest BCUT2D eigenvalue weighted by Gasteiger charge is -2.19. The van der Waals surface area contributed by atoms with Crippen LogP contribution in [0.4, 0.5) is 4.39 Å². The fourth-order valence-electron chi connectivity index (χ4n) is 3.64. The summed E-state index contributed by atoms with van der Waals surface area (Å²) in [5, 5.41) is 6.69. The van der Waals surface area contributed by atoms with E-state index >= 15 is 0 Å². The van der Waals surface area contributed by atoms with Gasteiger partial charge in [0.15, 0.2) is 5.96 Å². The molecule has 2 fully saturated rings. The predicted molar refractivity (Wildman–Crippen MR) is 99.5 cm³/mol. The van der Waals surface area contributed by atoms with E-state index in [1.807, 2.05) is 12.1 Å². The molecular formula is C20H30FN3O. The summed E-state index contributed by atoms with van der Waals surface area (Å²) in [5.41, 5.74) is 0.747. The molecule has 0 amide bonds. The van der Waals surface area contributed by atoms with Crippen LogP contribution in [0.2, 0.25) is 0 Å². The molecule has 2 N–H and O–H groups in total. The Bertz CT molecular complexity index is 580. The zero-order valence-corrected chi connectivity index (χ0v) is 15.2. The molecule has 0 heterocycles. The predicted octanol–water partition coefficient (Wildman–Crippen LogP) is 3.37. The Kier molecular flexibility index (Phi) is 6.29. The van der Waals surface area contributed by atoms with Crippen LogP contribution in [-0.2, 0) is 10.2 Å². The van der Waals surface area contributed by atoms with E-state index in [1.165, 1.54) is 25.7 Å². The maximum absolute atomic E-state index is 14.1. The standard InChI is InChI=1S/C20H30FN3O/c1-22-19(23-13-6-14-25-16-7-2-3-8-16)24-15-20(11-12-20)17-9-4-5-10-18(17)21/h4-5,9-10,16H,2-3,6-8,11-15H2,1H3,(H2,22,23,24). The van der Waals surface area contributed by atoms with Crippen molar-refractivity contribution in [2.24, 2.45) is 4.99 Å². The average molecular weight is 347 g/mol. The highest BCUT2D eigenvalue weighted by atomic mass is 19.1. The minimum absolute atomic E-state index is 0.0749. The van der Waals surface area contributed by atoms with Crippen molar-refractivity contribution in [3.05, 3.63) is 35.6 Å². The molecule has 0 unspecified atom stereocenters. The Morgan fingerprint density at radius 3 is 2.68 bits per heavy atom. The highest BCUT2D eigenvalue weighted by Gasteiger charge is 2.45. The van der Waals surface area contributed by atoms with Gasteiger partial charge in [0.1, 0.15) is 5.82 Å². The molecule has 0 radical (unpaired) electrons. The summed E-state index contributed by atoms with van der Waals surface area (Å²) in [4.78, 5) is 4.27. The Hall–Kier alpha value is -1.62. The zero-order valence-electron chi connectivity index (χ0n) is 15.2. The molecule has 0 atom stereocenters. The molecule has 25 heavy (non-hydrogen) atoms. The summed E-state index contributed by atoms with van der Waals surface area (Å²) in [6.07, 6.45) is 8.54. The van der Waals surface area contributed by atoms with Gasteiger partial charge in [-0.2, -0.15) is 0 Å². The Morgan fingerprint density at radius 1 is 1.24 bits per heavy atom. The lowest BCUT2D eigenvalue weighted by Crippen LogP contribution is -2.42. The van der Waals surface area contributed by atoms with Crippen molar-refractivity contribution in [1.29, 1.82) is 0 Å². The lowest BCUT2D eigenvalue weighted by atomic mass is 9.95. The van der Waals surface area contributed by atoms with Crippen LogP contribution in [0.5, 0.6) is 0 Å². The lowest BCUT2D eigenvalue weighted by molar-refractivity contribution is 0.0574. The molecule has 0 aliphatic heterocycles. The van der Waals surface area contributed by atoms with Crippen molar-refractivity contribution in [1.82, 2.24) is 10.6 Å². The van der Waals surface area contributed by atoms with Gasteiger partial charge in [-0.25, -0.2) is 4.39 Å².